The van der Waals surface area contributed by atoms with Gasteiger partial charge in [-0.15, -0.1) is 0 Å². The molecule has 1 aromatic heterocycles. The van der Waals surface area contributed by atoms with Gasteiger partial charge in [0, 0.05) is 25.2 Å². The van der Waals surface area contributed by atoms with Crippen LogP contribution in [0.25, 0.3) is 0 Å². The molecule has 1 N–H and O–H groups in total. The lowest BCUT2D eigenvalue weighted by Gasteiger charge is -2.49. The number of hydrogen-bond donors (Lipinski definition) is 1. The first-order valence-corrected chi connectivity index (χ1v) is 6.71. The average Bonchev–Trinajstić information content (AvgIpc) is 2.33. The van der Waals surface area contributed by atoms with Crippen LogP contribution in [0.3, 0.4) is 0 Å². The second-order valence-electron chi connectivity index (χ2n) is 6.00. The molecule has 0 bridgehead atoms. The third-order valence-electron chi connectivity index (χ3n) is 4.18. The predicted octanol–water partition coefficient (Wildman–Crippen LogP) is 0.424. The van der Waals surface area contributed by atoms with Crippen molar-refractivity contribution in [3.05, 3.63) is 22.6 Å². The molecule has 1 aromatic rings. The third-order valence-corrected chi connectivity index (χ3v) is 4.18. The largest absolute Gasteiger partial charge is 0.347 e. The monoisotopic (exact) mass is 265 g/mol. The Bertz CT molecular complexity index is 498. The van der Waals surface area contributed by atoms with E-state index in [1.165, 1.54) is 6.33 Å². The topological polar surface area (TPSA) is 65.1 Å². The molecule has 2 rings (SSSR count). The average molecular weight is 265 g/mol. The van der Waals surface area contributed by atoms with E-state index in [0.717, 1.165) is 13.1 Å². The molecule has 0 aliphatic carbocycles. The van der Waals surface area contributed by atoms with E-state index >= 15 is 0 Å². The molecule has 2 heterocycles. The van der Waals surface area contributed by atoms with E-state index in [4.69, 9.17) is 0 Å². The van der Waals surface area contributed by atoms with Crippen LogP contribution >= 0.6 is 0 Å². The summed E-state index contributed by atoms with van der Waals surface area (Å²) in [5.41, 5.74) is -0.648. The minimum absolute atomic E-state index is 0.308. The number of piperazine rings is 1. The van der Waals surface area contributed by atoms with Gasteiger partial charge in [-0.2, -0.15) is 4.98 Å². The van der Waals surface area contributed by atoms with Crippen molar-refractivity contribution in [2.24, 2.45) is 0 Å². The van der Waals surface area contributed by atoms with E-state index < -0.39 is 0 Å². The zero-order valence-electron chi connectivity index (χ0n) is 12.3. The van der Waals surface area contributed by atoms with E-state index in [0.29, 0.717) is 17.9 Å². The molecule has 1 saturated heterocycles. The Morgan fingerprint density at radius 3 is 2.58 bits per heavy atom. The lowest BCUT2D eigenvalue weighted by atomic mass is 9.95. The van der Waals surface area contributed by atoms with Gasteiger partial charge in [-0.25, -0.2) is 9.78 Å². The highest BCUT2D eigenvalue weighted by molar-refractivity contribution is 5.04. The second-order valence-corrected chi connectivity index (χ2v) is 6.00. The molecule has 6 nitrogen and oxygen atoms in total. The quantitative estimate of drug-likeness (QED) is 0.840. The molecule has 2 unspecified atom stereocenters. The van der Waals surface area contributed by atoms with Crippen molar-refractivity contribution in [2.45, 2.75) is 45.3 Å². The minimum Gasteiger partial charge on any atom is -0.301 e. The molecule has 0 saturated carbocycles. The maximum absolute atomic E-state index is 11.4. The highest BCUT2D eigenvalue weighted by Crippen LogP contribution is 2.29. The Labute approximate surface area is 113 Å². The highest BCUT2D eigenvalue weighted by Gasteiger charge is 2.38. The van der Waals surface area contributed by atoms with Gasteiger partial charge in [0.15, 0.2) is 0 Å². The lowest BCUT2D eigenvalue weighted by molar-refractivity contribution is -0.0145. The van der Waals surface area contributed by atoms with Gasteiger partial charge in [0.05, 0.1) is 5.54 Å². The number of hydrogen-bond acceptors (Lipinski definition) is 5. The Morgan fingerprint density at radius 1 is 1.26 bits per heavy atom. The van der Waals surface area contributed by atoms with Crippen LogP contribution in [0.15, 0.2) is 11.1 Å². The molecule has 0 amide bonds. The molecule has 6 heteroatoms. The third kappa shape index (κ3) is 2.69. The number of aromatic nitrogens is 3. The van der Waals surface area contributed by atoms with Crippen LogP contribution in [0.1, 0.15) is 33.5 Å². The maximum Gasteiger partial charge on any atom is 0.347 e. The van der Waals surface area contributed by atoms with E-state index in [2.05, 4.69) is 59.5 Å². The van der Waals surface area contributed by atoms with Crippen LogP contribution in [0.5, 0.6) is 0 Å². The van der Waals surface area contributed by atoms with Crippen molar-refractivity contribution in [1.29, 1.82) is 0 Å². The smallest absolute Gasteiger partial charge is 0.301 e. The Hall–Kier alpha value is -1.27. The molecular formula is C13H23N5O. The van der Waals surface area contributed by atoms with Gasteiger partial charge in [-0.05, 0) is 34.7 Å². The molecule has 19 heavy (non-hydrogen) atoms. The first-order chi connectivity index (χ1) is 8.82. The van der Waals surface area contributed by atoms with E-state index in [-0.39, 0.29) is 11.2 Å². The van der Waals surface area contributed by atoms with E-state index in [1.54, 1.807) is 0 Å². The molecule has 0 spiro atoms. The zero-order valence-corrected chi connectivity index (χ0v) is 12.3. The van der Waals surface area contributed by atoms with Gasteiger partial charge in [0.25, 0.3) is 0 Å². The summed E-state index contributed by atoms with van der Waals surface area (Å²) in [6, 6.07) is 0.902. The van der Waals surface area contributed by atoms with Gasteiger partial charge in [-0.3, -0.25) is 9.88 Å². The van der Waals surface area contributed by atoms with Crippen molar-refractivity contribution >= 4 is 0 Å². The summed E-state index contributed by atoms with van der Waals surface area (Å²) in [4.78, 5) is 26.7. The van der Waals surface area contributed by atoms with Crippen molar-refractivity contribution in [1.82, 2.24) is 24.8 Å². The van der Waals surface area contributed by atoms with Crippen LogP contribution in [0.2, 0.25) is 0 Å². The summed E-state index contributed by atoms with van der Waals surface area (Å²) in [6.45, 7) is 10.6. The van der Waals surface area contributed by atoms with Crippen molar-refractivity contribution in [3.63, 3.8) is 0 Å². The van der Waals surface area contributed by atoms with Crippen molar-refractivity contribution in [2.75, 3.05) is 20.1 Å². The van der Waals surface area contributed by atoms with Gasteiger partial charge in [0.2, 0.25) is 0 Å². The van der Waals surface area contributed by atoms with Gasteiger partial charge in [-0.1, -0.05) is 0 Å². The molecule has 2 atom stereocenters. The maximum atomic E-state index is 11.4. The van der Waals surface area contributed by atoms with Crippen LogP contribution < -0.4 is 5.69 Å². The minimum atomic E-state index is -0.340. The molecule has 0 radical (unpaired) electrons. The summed E-state index contributed by atoms with van der Waals surface area (Å²) < 4.78 is 0. The molecule has 1 aliphatic heterocycles. The Kier molecular flexibility index (Phi) is 3.73. The number of likely N-dealkylation sites (N-methyl/N-ethyl adjacent to an activating group) is 1. The molecule has 0 aromatic carbocycles. The van der Waals surface area contributed by atoms with Gasteiger partial charge >= 0.3 is 5.69 Å². The number of nitrogens with zero attached hydrogens (tertiary/aromatic N) is 4. The van der Waals surface area contributed by atoms with Crippen LogP contribution in [-0.2, 0) is 5.54 Å². The Morgan fingerprint density at radius 2 is 1.95 bits per heavy atom. The first-order valence-electron chi connectivity index (χ1n) is 6.71. The fourth-order valence-electron chi connectivity index (χ4n) is 2.83. The van der Waals surface area contributed by atoms with Gasteiger partial charge in [0.1, 0.15) is 12.2 Å². The standard InChI is InChI=1S/C13H23N5O/c1-9-7-18(10(2)6-17(9)5)13(3,4)11-14-8-15-12(19)16-11/h8-10H,6-7H2,1-5H3,(H,14,15,16,19). The number of rotatable bonds is 2. The zero-order chi connectivity index (χ0) is 14.2. The molecule has 1 fully saturated rings. The fourth-order valence-corrected chi connectivity index (χ4v) is 2.83. The van der Waals surface area contributed by atoms with Gasteiger partial charge < -0.3 is 4.90 Å². The summed E-state index contributed by atoms with van der Waals surface area (Å²) in [5.74, 6) is 0.677. The van der Waals surface area contributed by atoms with E-state index in [9.17, 15) is 4.79 Å². The molecular weight excluding hydrogens is 242 g/mol. The fraction of sp³-hybridized carbons (Fsp3) is 0.769. The normalized spacial score (nSPS) is 26.6. The summed E-state index contributed by atoms with van der Waals surface area (Å²) in [6.07, 6.45) is 1.33. The Balaban J connectivity index is 2.31. The summed E-state index contributed by atoms with van der Waals surface area (Å²) >= 11 is 0. The predicted molar refractivity (Wildman–Crippen MR) is 73.9 cm³/mol. The molecule has 106 valence electrons. The van der Waals surface area contributed by atoms with Crippen molar-refractivity contribution in [3.8, 4) is 0 Å². The number of H-pyrrole nitrogens is 1. The summed E-state index contributed by atoms with van der Waals surface area (Å²) in [7, 11) is 2.15. The first kappa shape index (κ1) is 14.1. The van der Waals surface area contributed by atoms with Crippen LogP contribution in [0.4, 0.5) is 0 Å². The SMILES string of the molecule is CC1CN(C(C)(C)c2ncnc(=O)[nH]2)C(C)CN1C. The highest BCUT2D eigenvalue weighted by atomic mass is 16.1. The lowest BCUT2D eigenvalue weighted by Crippen LogP contribution is -2.60. The number of aromatic amines is 1. The summed E-state index contributed by atoms with van der Waals surface area (Å²) in [5, 5.41) is 0. The molecule has 1 aliphatic rings. The second kappa shape index (κ2) is 5.02. The van der Waals surface area contributed by atoms with Crippen molar-refractivity contribution < 1.29 is 0 Å². The van der Waals surface area contributed by atoms with E-state index in [1.807, 2.05) is 0 Å². The number of nitrogens with one attached hydrogen (secondary N) is 1. The van der Waals surface area contributed by atoms with Crippen LogP contribution in [0, 0.1) is 0 Å². The van der Waals surface area contributed by atoms with Crippen LogP contribution in [-0.4, -0.2) is 57.0 Å².